The molecule has 5 N–H and O–H groups in total. The summed E-state index contributed by atoms with van der Waals surface area (Å²) in [7, 11) is 0. The van der Waals surface area contributed by atoms with Crippen LogP contribution in [0.3, 0.4) is 0 Å². The van der Waals surface area contributed by atoms with Gasteiger partial charge in [0.25, 0.3) is 0 Å². The van der Waals surface area contributed by atoms with Gasteiger partial charge in [-0.25, -0.2) is 0 Å². The van der Waals surface area contributed by atoms with Crippen LogP contribution in [0.4, 0.5) is 0 Å². The van der Waals surface area contributed by atoms with Crippen LogP contribution in [-0.2, 0) is 14.4 Å². The largest absolute Gasteiger partial charge is 0.370 e. The number of hydrogen-bond acceptors (Lipinski definition) is 4. The summed E-state index contributed by atoms with van der Waals surface area (Å²) in [6.07, 6.45) is 2.52. The summed E-state index contributed by atoms with van der Waals surface area (Å²) in [4.78, 5) is 33.8. The van der Waals surface area contributed by atoms with Crippen LogP contribution in [0.2, 0.25) is 0 Å². The zero-order valence-corrected chi connectivity index (χ0v) is 11.2. The van der Waals surface area contributed by atoms with Gasteiger partial charge >= 0.3 is 0 Å². The van der Waals surface area contributed by atoms with E-state index in [1.165, 1.54) is 0 Å². The van der Waals surface area contributed by atoms with Crippen molar-refractivity contribution in [3.8, 4) is 0 Å². The molecular weight excluding hydrogens is 248 g/mol. The Morgan fingerprint density at radius 3 is 2.74 bits per heavy atom. The topological polar surface area (TPSA) is 113 Å². The van der Waals surface area contributed by atoms with Crippen molar-refractivity contribution in [2.45, 2.75) is 44.7 Å². The Morgan fingerprint density at radius 2 is 2.16 bits per heavy atom. The Labute approximate surface area is 112 Å². The van der Waals surface area contributed by atoms with Gasteiger partial charge in [0.2, 0.25) is 17.7 Å². The Balaban J connectivity index is 2.16. The normalized spacial score (nSPS) is 19.7. The lowest BCUT2D eigenvalue weighted by Gasteiger charge is -2.14. The molecule has 0 aliphatic carbocycles. The SMILES string of the molecule is CC(CCC(N)=O)NC(=O)CNC(=O)C1CCCN1. The molecule has 1 aliphatic rings. The van der Waals surface area contributed by atoms with Crippen molar-refractivity contribution in [2.75, 3.05) is 13.1 Å². The van der Waals surface area contributed by atoms with Gasteiger partial charge in [-0.05, 0) is 32.7 Å². The third-order valence-corrected chi connectivity index (χ3v) is 3.03. The molecule has 0 radical (unpaired) electrons. The van der Waals surface area contributed by atoms with Gasteiger partial charge in [0.15, 0.2) is 0 Å². The molecule has 0 aromatic rings. The molecule has 7 nitrogen and oxygen atoms in total. The van der Waals surface area contributed by atoms with Crippen molar-refractivity contribution in [3.05, 3.63) is 0 Å². The predicted octanol–water partition coefficient (Wildman–Crippen LogP) is -1.38. The monoisotopic (exact) mass is 270 g/mol. The maximum Gasteiger partial charge on any atom is 0.239 e. The fourth-order valence-electron chi connectivity index (χ4n) is 1.96. The van der Waals surface area contributed by atoms with Crippen molar-refractivity contribution >= 4 is 17.7 Å². The quantitative estimate of drug-likeness (QED) is 0.457. The zero-order chi connectivity index (χ0) is 14.3. The molecule has 108 valence electrons. The van der Waals surface area contributed by atoms with Crippen LogP contribution >= 0.6 is 0 Å². The van der Waals surface area contributed by atoms with Crippen molar-refractivity contribution < 1.29 is 14.4 Å². The lowest BCUT2D eigenvalue weighted by Crippen LogP contribution is -2.46. The number of hydrogen-bond donors (Lipinski definition) is 4. The summed E-state index contributed by atoms with van der Waals surface area (Å²) in [6.45, 7) is 2.59. The summed E-state index contributed by atoms with van der Waals surface area (Å²) in [5, 5.41) is 8.35. The number of primary amides is 1. The van der Waals surface area contributed by atoms with E-state index in [0.29, 0.717) is 6.42 Å². The molecule has 1 saturated heterocycles. The molecule has 0 aromatic heterocycles. The molecule has 0 aromatic carbocycles. The zero-order valence-electron chi connectivity index (χ0n) is 11.2. The summed E-state index contributed by atoms with van der Waals surface area (Å²) in [5.41, 5.74) is 5.02. The lowest BCUT2D eigenvalue weighted by molar-refractivity contribution is -0.127. The van der Waals surface area contributed by atoms with Crippen LogP contribution < -0.4 is 21.7 Å². The number of carbonyl (C=O) groups is 3. The molecule has 19 heavy (non-hydrogen) atoms. The van der Waals surface area contributed by atoms with E-state index in [-0.39, 0.29) is 42.8 Å². The van der Waals surface area contributed by atoms with Crippen LogP contribution in [0.15, 0.2) is 0 Å². The second-order valence-corrected chi connectivity index (χ2v) is 4.84. The molecule has 1 aliphatic heterocycles. The highest BCUT2D eigenvalue weighted by atomic mass is 16.2. The van der Waals surface area contributed by atoms with Crippen LogP contribution in [-0.4, -0.2) is 42.9 Å². The van der Waals surface area contributed by atoms with Crippen LogP contribution in [0.5, 0.6) is 0 Å². The Hall–Kier alpha value is -1.63. The van der Waals surface area contributed by atoms with Gasteiger partial charge in [-0.15, -0.1) is 0 Å². The fraction of sp³-hybridized carbons (Fsp3) is 0.750. The first kappa shape index (κ1) is 15.4. The van der Waals surface area contributed by atoms with Gasteiger partial charge in [-0.3, -0.25) is 14.4 Å². The van der Waals surface area contributed by atoms with Crippen molar-refractivity contribution in [1.29, 1.82) is 0 Å². The first-order valence-corrected chi connectivity index (χ1v) is 6.58. The Bertz CT molecular complexity index is 340. The first-order valence-electron chi connectivity index (χ1n) is 6.58. The summed E-state index contributed by atoms with van der Waals surface area (Å²) >= 11 is 0. The summed E-state index contributed by atoms with van der Waals surface area (Å²) in [5.74, 6) is -0.789. The number of nitrogens with one attached hydrogen (secondary N) is 3. The molecule has 1 heterocycles. The smallest absolute Gasteiger partial charge is 0.239 e. The average Bonchev–Trinajstić information content (AvgIpc) is 2.87. The number of rotatable bonds is 7. The third kappa shape index (κ3) is 6.19. The Morgan fingerprint density at radius 1 is 1.42 bits per heavy atom. The number of amides is 3. The minimum atomic E-state index is -0.387. The molecular formula is C12H22N4O3. The highest BCUT2D eigenvalue weighted by molar-refractivity contribution is 5.87. The molecule has 2 unspecified atom stereocenters. The van der Waals surface area contributed by atoms with Gasteiger partial charge in [0.05, 0.1) is 12.6 Å². The van der Waals surface area contributed by atoms with Gasteiger partial charge in [-0.2, -0.15) is 0 Å². The van der Waals surface area contributed by atoms with Crippen LogP contribution in [0.25, 0.3) is 0 Å². The van der Waals surface area contributed by atoms with E-state index in [4.69, 9.17) is 5.73 Å². The summed E-state index contributed by atoms with van der Waals surface area (Å²) < 4.78 is 0. The standard InChI is InChI=1S/C12H22N4O3/c1-8(4-5-10(13)17)16-11(18)7-15-12(19)9-3-2-6-14-9/h8-9,14H,2-7H2,1H3,(H2,13,17)(H,15,19)(H,16,18). The maximum absolute atomic E-state index is 11.6. The van der Waals surface area contributed by atoms with Crippen molar-refractivity contribution in [2.24, 2.45) is 5.73 Å². The van der Waals surface area contributed by atoms with Crippen LogP contribution in [0, 0.1) is 0 Å². The van der Waals surface area contributed by atoms with Crippen LogP contribution in [0.1, 0.15) is 32.6 Å². The minimum absolute atomic E-state index is 0.0437. The molecule has 0 saturated carbocycles. The second-order valence-electron chi connectivity index (χ2n) is 4.84. The maximum atomic E-state index is 11.6. The highest BCUT2D eigenvalue weighted by Crippen LogP contribution is 2.04. The van der Waals surface area contributed by atoms with Crippen molar-refractivity contribution in [1.82, 2.24) is 16.0 Å². The molecule has 0 bridgehead atoms. The molecule has 1 rings (SSSR count). The minimum Gasteiger partial charge on any atom is -0.370 e. The van der Waals surface area contributed by atoms with E-state index in [9.17, 15) is 14.4 Å². The van der Waals surface area contributed by atoms with E-state index < -0.39 is 0 Å². The molecule has 2 atom stereocenters. The first-order chi connectivity index (χ1) is 8.99. The molecule has 0 spiro atoms. The lowest BCUT2D eigenvalue weighted by atomic mass is 10.2. The van der Waals surface area contributed by atoms with E-state index in [2.05, 4.69) is 16.0 Å². The van der Waals surface area contributed by atoms with E-state index in [1.54, 1.807) is 6.92 Å². The van der Waals surface area contributed by atoms with Gasteiger partial charge in [0, 0.05) is 12.5 Å². The number of nitrogens with two attached hydrogens (primary N) is 1. The highest BCUT2D eigenvalue weighted by Gasteiger charge is 2.22. The fourth-order valence-corrected chi connectivity index (χ4v) is 1.96. The van der Waals surface area contributed by atoms with Gasteiger partial charge < -0.3 is 21.7 Å². The van der Waals surface area contributed by atoms with Gasteiger partial charge in [-0.1, -0.05) is 0 Å². The van der Waals surface area contributed by atoms with Crippen molar-refractivity contribution in [3.63, 3.8) is 0 Å². The predicted molar refractivity (Wildman–Crippen MR) is 70.1 cm³/mol. The summed E-state index contributed by atoms with van der Waals surface area (Å²) in [6, 6.07) is -0.318. The van der Waals surface area contributed by atoms with E-state index in [0.717, 1.165) is 19.4 Å². The van der Waals surface area contributed by atoms with E-state index in [1.807, 2.05) is 0 Å². The molecule has 7 heteroatoms. The third-order valence-electron chi connectivity index (χ3n) is 3.03. The molecule has 3 amide bonds. The number of carbonyl (C=O) groups excluding carboxylic acids is 3. The van der Waals surface area contributed by atoms with E-state index >= 15 is 0 Å². The average molecular weight is 270 g/mol. The Kier molecular flexibility index (Phi) is 6.27. The second kappa shape index (κ2) is 7.73. The molecule has 1 fully saturated rings. The van der Waals surface area contributed by atoms with Gasteiger partial charge in [0.1, 0.15) is 0 Å².